The SMILES string of the molecule is CCC(C)N(C)CCNCCOCCO. The maximum absolute atomic E-state index is 8.48. The number of aliphatic hydroxyl groups is 1. The quantitative estimate of drug-likeness (QED) is 0.518. The molecule has 4 heteroatoms. The van der Waals surface area contributed by atoms with Crippen LogP contribution in [-0.2, 0) is 4.74 Å². The molecule has 1 atom stereocenters. The summed E-state index contributed by atoms with van der Waals surface area (Å²) in [6, 6.07) is 0.650. The molecular formula is C11H26N2O2. The van der Waals surface area contributed by atoms with Crippen LogP contribution in [0.2, 0.25) is 0 Å². The molecule has 0 bridgehead atoms. The highest BCUT2D eigenvalue weighted by molar-refractivity contribution is 4.62. The Morgan fingerprint density at radius 1 is 1.33 bits per heavy atom. The number of likely N-dealkylation sites (N-methyl/N-ethyl adjacent to an activating group) is 1. The Morgan fingerprint density at radius 3 is 2.67 bits per heavy atom. The van der Waals surface area contributed by atoms with Gasteiger partial charge in [-0.1, -0.05) is 6.92 Å². The first-order chi connectivity index (χ1) is 7.22. The van der Waals surface area contributed by atoms with Crippen molar-refractivity contribution in [2.45, 2.75) is 26.3 Å². The first-order valence-corrected chi connectivity index (χ1v) is 5.82. The number of nitrogens with one attached hydrogen (secondary N) is 1. The van der Waals surface area contributed by atoms with Crippen LogP contribution in [0.25, 0.3) is 0 Å². The highest BCUT2D eigenvalue weighted by Gasteiger charge is 2.04. The molecule has 0 amide bonds. The molecule has 92 valence electrons. The van der Waals surface area contributed by atoms with Gasteiger partial charge in [0.1, 0.15) is 0 Å². The zero-order valence-corrected chi connectivity index (χ0v) is 10.3. The van der Waals surface area contributed by atoms with Gasteiger partial charge in [-0.25, -0.2) is 0 Å². The van der Waals surface area contributed by atoms with Crippen molar-refractivity contribution >= 4 is 0 Å². The van der Waals surface area contributed by atoms with Gasteiger partial charge in [-0.3, -0.25) is 0 Å². The molecule has 0 aliphatic carbocycles. The van der Waals surface area contributed by atoms with E-state index in [1.165, 1.54) is 6.42 Å². The summed E-state index contributed by atoms with van der Waals surface area (Å²) in [6.45, 7) is 8.58. The third-order valence-corrected chi connectivity index (χ3v) is 2.64. The van der Waals surface area contributed by atoms with Crippen molar-refractivity contribution in [3.8, 4) is 0 Å². The van der Waals surface area contributed by atoms with E-state index >= 15 is 0 Å². The number of hydrogen-bond acceptors (Lipinski definition) is 4. The molecule has 0 aliphatic rings. The predicted octanol–water partition coefficient (Wildman–Crippen LogP) is 0.315. The molecule has 0 saturated heterocycles. The Morgan fingerprint density at radius 2 is 2.07 bits per heavy atom. The highest BCUT2D eigenvalue weighted by atomic mass is 16.5. The van der Waals surface area contributed by atoms with E-state index < -0.39 is 0 Å². The number of aliphatic hydroxyl groups excluding tert-OH is 1. The van der Waals surface area contributed by atoms with Crippen LogP contribution in [0.4, 0.5) is 0 Å². The largest absolute Gasteiger partial charge is 0.394 e. The van der Waals surface area contributed by atoms with Crippen LogP contribution in [0.15, 0.2) is 0 Å². The maximum atomic E-state index is 8.48. The normalized spacial score (nSPS) is 13.4. The van der Waals surface area contributed by atoms with Crippen molar-refractivity contribution in [3.05, 3.63) is 0 Å². The minimum absolute atomic E-state index is 0.108. The van der Waals surface area contributed by atoms with Gasteiger partial charge in [-0.15, -0.1) is 0 Å². The Hall–Kier alpha value is -0.160. The predicted molar refractivity (Wildman–Crippen MR) is 63.2 cm³/mol. The van der Waals surface area contributed by atoms with E-state index in [4.69, 9.17) is 9.84 Å². The van der Waals surface area contributed by atoms with Crippen LogP contribution in [0, 0.1) is 0 Å². The van der Waals surface area contributed by atoms with E-state index in [-0.39, 0.29) is 6.61 Å². The summed E-state index contributed by atoms with van der Waals surface area (Å²) >= 11 is 0. The molecule has 0 aromatic heterocycles. The zero-order valence-electron chi connectivity index (χ0n) is 10.3. The van der Waals surface area contributed by atoms with Gasteiger partial charge in [0.15, 0.2) is 0 Å². The summed E-state index contributed by atoms with van der Waals surface area (Å²) in [5, 5.41) is 11.8. The van der Waals surface area contributed by atoms with E-state index in [2.05, 4.69) is 31.1 Å². The van der Waals surface area contributed by atoms with Crippen LogP contribution < -0.4 is 5.32 Å². The average molecular weight is 218 g/mol. The third kappa shape index (κ3) is 8.81. The van der Waals surface area contributed by atoms with Crippen molar-refractivity contribution in [1.82, 2.24) is 10.2 Å². The summed E-state index contributed by atoms with van der Waals surface area (Å²) in [7, 11) is 2.15. The lowest BCUT2D eigenvalue weighted by atomic mass is 10.2. The molecule has 1 unspecified atom stereocenters. The number of hydrogen-bond donors (Lipinski definition) is 2. The summed E-state index contributed by atoms with van der Waals surface area (Å²) in [4.78, 5) is 2.35. The first kappa shape index (κ1) is 14.8. The van der Waals surface area contributed by atoms with Crippen LogP contribution >= 0.6 is 0 Å². The van der Waals surface area contributed by atoms with E-state index in [1.807, 2.05) is 0 Å². The summed E-state index contributed by atoms with van der Waals surface area (Å²) < 4.78 is 5.13. The molecule has 0 rings (SSSR count). The van der Waals surface area contributed by atoms with Gasteiger partial charge in [0.05, 0.1) is 19.8 Å². The zero-order chi connectivity index (χ0) is 11.5. The average Bonchev–Trinajstić information content (AvgIpc) is 2.26. The van der Waals surface area contributed by atoms with Gasteiger partial charge in [-0.2, -0.15) is 0 Å². The maximum Gasteiger partial charge on any atom is 0.0698 e. The van der Waals surface area contributed by atoms with Crippen LogP contribution in [0.1, 0.15) is 20.3 Å². The Balaban J connectivity index is 3.16. The standard InChI is InChI=1S/C11H26N2O2/c1-4-11(2)13(3)7-5-12-6-9-15-10-8-14/h11-12,14H,4-10H2,1-3H3. The Labute approximate surface area is 93.6 Å². The van der Waals surface area contributed by atoms with Crippen LogP contribution in [0.5, 0.6) is 0 Å². The molecule has 0 aromatic rings. The molecule has 2 N–H and O–H groups in total. The van der Waals surface area contributed by atoms with E-state index in [0.717, 1.165) is 19.6 Å². The third-order valence-electron chi connectivity index (χ3n) is 2.64. The second-order valence-corrected chi connectivity index (χ2v) is 3.82. The van der Waals surface area contributed by atoms with Crippen LogP contribution in [-0.4, -0.2) is 62.6 Å². The van der Waals surface area contributed by atoms with Gasteiger partial charge in [0.25, 0.3) is 0 Å². The van der Waals surface area contributed by atoms with E-state index in [9.17, 15) is 0 Å². The fourth-order valence-corrected chi connectivity index (χ4v) is 1.22. The molecule has 0 radical (unpaired) electrons. The van der Waals surface area contributed by atoms with Crippen molar-refractivity contribution in [2.24, 2.45) is 0 Å². The number of rotatable bonds is 10. The Bertz CT molecular complexity index is 134. The molecule has 4 nitrogen and oxygen atoms in total. The molecule has 0 aliphatic heterocycles. The summed E-state index contributed by atoms with van der Waals surface area (Å²) in [5.74, 6) is 0. The van der Waals surface area contributed by atoms with Crippen molar-refractivity contribution < 1.29 is 9.84 Å². The molecule has 0 saturated carbocycles. The lowest BCUT2D eigenvalue weighted by Gasteiger charge is -2.23. The molecule has 0 heterocycles. The van der Waals surface area contributed by atoms with E-state index in [0.29, 0.717) is 19.3 Å². The van der Waals surface area contributed by atoms with Gasteiger partial charge in [0.2, 0.25) is 0 Å². The van der Waals surface area contributed by atoms with E-state index in [1.54, 1.807) is 0 Å². The van der Waals surface area contributed by atoms with Gasteiger partial charge < -0.3 is 20.1 Å². The van der Waals surface area contributed by atoms with Gasteiger partial charge >= 0.3 is 0 Å². The lowest BCUT2D eigenvalue weighted by Crippen LogP contribution is -2.35. The second-order valence-electron chi connectivity index (χ2n) is 3.82. The van der Waals surface area contributed by atoms with Gasteiger partial charge in [0, 0.05) is 25.7 Å². The van der Waals surface area contributed by atoms with Gasteiger partial charge in [-0.05, 0) is 20.4 Å². The highest BCUT2D eigenvalue weighted by Crippen LogP contribution is 1.97. The summed E-state index contributed by atoms with van der Waals surface area (Å²) in [5.41, 5.74) is 0. The number of nitrogens with zero attached hydrogens (tertiary/aromatic N) is 1. The van der Waals surface area contributed by atoms with Crippen molar-refractivity contribution in [3.63, 3.8) is 0 Å². The fraction of sp³-hybridized carbons (Fsp3) is 1.00. The smallest absolute Gasteiger partial charge is 0.0698 e. The molecule has 15 heavy (non-hydrogen) atoms. The lowest BCUT2D eigenvalue weighted by molar-refractivity contribution is 0.0935. The first-order valence-electron chi connectivity index (χ1n) is 5.82. The van der Waals surface area contributed by atoms with Crippen molar-refractivity contribution in [2.75, 3.05) is 46.5 Å². The molecule has 0 aromatic carbocycles. The van der Waals surface area contributed by atoms with Crippen molar-refractivity contribution in [1.29, 1.82) is 0 Å². The fourth-order valence-electron chi connectivity index (χ4n) is 1.22. The molecular weight excluding hydrogens is 192 g/mol. The summed E-state index contributed by atoms with van der Waals surface area (Å²) in [6.07, 6.45) is 1.19. The minimum Gasteiger partial charge on any atom is -0.394 e. The topological polar surface area (TPSA) is 44.7 Å². The van der Waals surface area contributed by atoms with Crippen LogP contribution in [0.3, 0.4) is 0 Å². The minimum atomic E-state index is 0.108. The Kier molecular flexibility index (Phi) is 10.3. The molecule has 0 fully saturated rings. The monoisotopic (exact) mass is 218 g/mol. The molecule has 0 spiro atoms. The number of ether oxygens (including phenoxy) is 1. The second kappa shape index (κ2) is 10.4.